The van der Waals surface area contributed by atoms with E-state index in [1.54, 1.807) is 37.4 Å². The van der Waals surface area contributed by atoms with Gasteiger partial charge in [0.2, 0.25) is 0 Å². The molecule has 0 aliphatic rings. The molecule has 0 aromatic heterocycles. The number of rotatable bonds is 10. The maximum absolute atomic E-state index is 13.3. The Morgan fingerprint density at radius 2 is 1.73 bits per heavy atom. The Morgan fingerprint density at radius 3 is 2.24 bits per heavy atom. The van der Waals surface area contributed by atoms with Gasteiger partial charge in [-0.15, -0.1) is 0 Å². The highest BCUT2D eigenvalue weighted by molar-refractivity contribution is 6.43. The van der Waals surface area contributed by atoms with Gasteiger partial charge in [-0.3, -0.25) is 9.79 Å². The molecule has 1 rings (SSSR count). The van der Waals surface area contributed by atoms with Crippen molar-refractivity contribution in [1.29, 1.82) is 0 Å². The fraction of sp³-hybridized carbons (Fsp3) is 0.269. The minimum absolute atomic E-state index is 0.0545. The van der Waals surface area contributed by atoms with Crippen molar-refractivity contribution in [3.05, 3.63) is 90.8 Å². The van der Waals surface area contributed by atoms with Crippen LogP contribution in [0, 0.1) is 0 Å². The summed E-state index contributed by atoms with van der Waals surface area (Å²) in [6, 6.07) is 5.57. The van der Waals surface area contributed by atoms with E-state index in [0.717, 1.165) is 18.1 Å². The van der Waals surface area contributed by atoms with Crippen LogP contribution in [-0.2, 0) is 10.7 Å². The first-order chi connectivity index (χ1) is 15.4. The summed E-state index contributed by atoms with van der Waals surface area (Å²) >= 11 is 0. The number of anilines is 1. The zero-order valence-electron chi connectivity index (χ0n) is 19.9. The number of nitrogens with zero attached hydrogens (tertiary/aromatic N) is 2. The molecule has 2 N–H and O–H groups in total. The highest BCUT2D eigenvalue weighted by Gasteiger charge is 2.23. The fourth-order valence-electron chi connectivity index (χ4n) is 2.50. The summed E-state index contributed by atoms with van der Waals surface area (Å²) in [5, 5.41) is 5.92. The first-order valence-corrected chi connectivity index (χ1v) is 10.3. The van der Waals surface area contributed by atoms with E-state index in [0.29, 0.717) is 17.1 Å². The first-order valence-electron chi connectivity index (χ1n) is 10.3. The molecule has 0 radical (unpaired) electrons. The van der Waals surface area contributed by atoms with Crippen molar-refractivity contribution in [3.63, 3.8) is 0 Å². The van der Waals surface area contributed by atoms with Gasteiger partial charge in [0, 0.05) is 36.6 Å². The number of alkyl halides is 2. The number of carbonyl (C=O) groups excluding carboxylic acids is 1. The van der Waals surface area contributed by atoms with Crippen LogP contribution in [0.3, 0.4) is 0 Å². The highest BCUT2D eigenvalue weighted by Crippen LogP contribution is 2.27. The van der Waals surface area contributed by atoms with Gasteiger partial charge in [-0.1, -0.05) is 37.9 Å². The lowest BCUT2D eigenvalue weighted by Gasteiger charge is -2.15. The van der Waals surface area contributed by atoms with Crippen LogP contribution in [0.1, 0.15) is 40.2 Å². The second-order valence-corrected chi connectivity index (χ2v) is 7.63. The lowest BCUT2D eigenvalue weighted by Crippen LogP contribution is -2.37. The molecule has 0 saturated carbocycles. The van der Waals surface area contributed by atoms with Crippen LogP contribution < -0.4 is 10.6 Å². The van der Waals surface area contributed by atoms with Crippen LogP contribution in [0.5, 0.6) is 0 Å². The zero-order chi connectivity index (χ0) is 25.2. The number of benzene rings is 1. The molecule has 0 saturated heterocycles. The minimum Gasteiger partial charge on any atom is -0.344 e. The minimum atomic E-state index is -2.88. The third-order valence-electron chi connectivity index (χ3n) is 4.78. The van der Waals surface area contributed by atoms with Crippen molar-refractivity contribution in [2.24, 2.45) is 9.98 Å². The Bertz CT molecular complexity index is 1010. The largest absolute Gasteiger partial charge is 0.344 e. The molecule has 1 amide bonds. The quantitative estimate of drug-likeness (QED) is 0.247. The van der Waals surface area contributed by atoms with Crippen molar-refractivity contribution in [3.8, 4) is 0 Å². The van der Waals surface area contributed by atoms with Gasteiger partial charge in [0.15, 0.2) is 0 Å². The maximum atomic E-state index is 13.3. The number of nitrogens with one attached hydrogen (secondary N) is 2. The summed E-state index contributed by atoms with van der Waals surface area (Å²) < 4.78 is 26.7. The molecule has 5 nitrogen and oxygen atoms in total. The number of aliphatic imine (C=N–C) groups is 2. The number of allylic oxidation sites excluding steroid dienone is 3. The van der Waals surface area contributed by atoms with Gasteiger partial charge < -0.3 is 10.6 Å². The van der Waals surface area contributed by atoms with Crippen molar-refractivity contribution in [1.82, 2.24) is 5.32 Å². The van der Waals surface area contributed by atoms with Crippen LogP contribution in [0.25, 0.3) is 0 Å². The van der Waals surface area contributed by atoms with Crippen LogP contribution in [0.2, 0.25) is 0 Å². The molecule has 0 fully saturated rings. The van der Waals surface area contributed by atoms with E-state index in [4.69, 9.17) is 0 Å². The van der Waals surface area contributed by atoms with Crippen LogP contribution in [0.4, 0.5) is 14.5 Å². The van der Waals surface area contributed by atoms with Gasteiger partial charge in [0.25, 0.3) is 11.8 Å². The molecule has 1 aromatic rings. The molecule has 0 aliphatic carbocycles. The van der Waals surface area contributed by atoms with Crippen molar-refractivity contribution in [2.45, 2.75) is 46.6 Å². The smallest absolute Gasteiger partial charge is 0.270 e. The van der Waals surface area contributed by atoms with Gasteiger partial charge in [0.05, 0.1) is 0 Å². The summed E-state index contributed by atoms with van der Waals surface area (Å²) in [5.41, 5.74) is 3.06. The number of halogens is 2. The summed E-state index contributed by atoms with van der Waals surface area (Å²) in [6.07, 6.45) is 6.16. The first kappa shape index (κ1) is 27.4. The number of hydrogen-bond acceptors (Lipinski definition) is 3. The van der Waals surface area contributed by atoms with Crippen molar-refractivity contribution < 1.29 is 13.6 Å². The van der Waals surface area contributed by atoms with Gasteiger partial charge in [-0.25, -0.2) is 13.8 Å². The predicted octanol–water partition coefficient (Wildman–Crippen LogP) is 6.31. The molecule has 1 atom stereocenters. The molecular formula is C26H32F2N4O. The summed E-state index contributed by atoms with van der Waals surface area (Å²) in [4.78, 5) is 21.0. The van der Waals surface area contributed by atoms with Gasteiger partial charge in [-0.05, 0) is 62.6 Å². The van der Waals surface area contributed by atoms with Gasteiger partial charge in [0.1, 0.15) is 11.5 Å². The summed E-state index contributed by atoms with van der Waals surface area (Å²) in [7, 11) is 0. The molecule has 0 heterocycles. The standard InChI is InChI=1S/C26H32F2N4O/c1-9-17(3)18(4)15-24(29-10-2)25(33)31-20(6)19(5)16-30-21(7)32-23-13-11-22(12-14-23)26(8,27)28/h9-16,20H,1-3H2,4-8H3,(H,30,32)(H,31,33)/b18-15+,19-16+,29-24?. The van der Waals surface area contributed by atoms with Crippen LogP contribution >= 0.6 is 0 Å². The monoisotopic (exact) mass is 454 g/mol. The number of amides is 1. The van der Waals surface area contributed by atoms with E-state index in [-0.39, 0.29) is 23.2 Å². The average Bonchev–Trinajstić information content (AvgIpc) is 2.76. The van der Waals surface area contributed by atoms with Crippen LogP contribution in [-0.4, -0.2) is 23.5 Å². The number of carbonyl (C=O) groups is 1. The molecule has 0 aliphatic heterocycles. The zero-order valence-corrected chi connectivity index (χ0v) is 19.9. The lowest BCUT2D eigenvalue weighted by molar-refractivity contribution is -0.115. The number of amidine groups is 1. The average molecular weight is 455 g/mol. The molecule has 1 unspecified atom stereocenters. The Kier molecular flexibility index (Phi) is 10.3. The van der Waals surface area contributed by atoms with E-state index in [1.807, 2.05) is 20.8 Å². The van der Waals surface area contributed by atoms with E-state index >= 15 is 0 Å². The molecule has 176 valence electrons. The molecule has 1 aromatic carbocycles. The molecular weight excluding hydrogens is 422 g/mol. The Labute approximate surface area is 195 Å². The van der Waals surface area contributed by atoms with Gasteiger partial charge >= 0.3 is 0 Å². The van der Waals surface area contributed by atoms with Crippen molar-refractivity contribution >= 4 is 23.1 Å². The van der Waals surface area contributed by atoms with Gasteiger partial charge in [-0.2, -0.15) is 0 Å². The number of hydrogen-bond donors (Lipinski definition) is 2. The van der Waals surface area contributed by atoms with E-state index in [1.165, 1.54) is 18.3 Å². The maximum Gasteiger partial charge on any atom is 0.270 e. The van der Waals surface area contributed by atoms with E-state index in [9.17, 15) is 13.6 Å². The second kappa shape index (κ2) is 12.4. The third-order valence-corrected chi connectivity index (χ3v) is 4.78. The fourth-order valence-corrected chi connectivity index (χ4v) is 2.50. The highest BCUT2D eigenvalue weighted by atomic mass is 19.3. The summed E-state index contributed by atoms with van der Waals surface area (Å²) in [5.74, 6) is -2.68. The van der Waals surface area contributed by atoms with Crippen LogP contribution in [0.15, 0.2) is 95.3 Å². The lowest BCUT2D eigenvalue weighted by atomic mass is 10.1. The topological polar surface area (TPSA) is 65.8 Å². The Morgan fingerprint density at radius 1 is 1.12 bits per heavy atom. The molecule has 7 heteroatoms. The second-order valence-electron chi connectivity index (χ2n) is 7.63. The summed E-state index contributed by atoms with van der Waals surface area (Å²) in [6.45, 7) is 19.2. The molecule has 33 heavy (non-hydrogen) atoms. The Hall–Kier alpha value is -3.61. The molecule has 0 bridgehead atoms. The third kappa shape index (κ3) is 9.19. The Balaban J connectivity index is 2.85. The normalized spacial score (nSPS) is 14.4. The molecule has 0 spiro atoms. The van der Waals surface area contributed by atoms with E-state index in [2.05, 4.69) is 40.4 Å². The predicted molar refractivity (Wildman–Crippen MR) is 135 cm³/mol. The SMILES string of the molecule is C=CN=C(/C=C(\C)C(=C)C=C)C(=O)NC(C)/C(C)=C/N=C(C)Nc1ccc(C(C)(F)F)cc1. The van der Waals surface area contributed by atoms with Crippen molar-refractivity contribution in [2.75, 3.05) is 5.32 Å². The van der Waals surface area contributed by atoms with E-state index < -0.39 is 5.92 Å².